The Kier molecular flexibility index (Phi) is 2.77. The van der Waals surface area contributed by atoms with Crippen LogP contribution >= 0.6 is 0 Å². The molecule has 5 nitrogen and oxygen atoms in total. The normalized spacial score (nSPS) is 9.75. The SMILES string of the molecule is NC(=O)c1ccc2cnccccnn2c1. The minimum Gasteiger partial charge on any atom is -0.366 e. The van der Waals surface area contributed by atoms with E-state index in [2.05, 4.69) is 10.1 Å². The highest BCUT2D eigenvalue weighted by molar-refractivity contribution is 5.92. The molecule has 0 aliphatic heterocycles. The summed E-state index contributed by atoms with van der Waals surface area (Å²) >= 11 is 0. The van der Waals surface area contributed by atoms with Crippen LogP contribution in [0.25, 0.3) is 5.52 Å². The predicted octanol–water partition coefficient (Wildman–Crippen LogP) is 0.953. The average Bonchev–Trinajstić information content (AvgIpc) is 2.39. The minimum atomic E-state index is -0.482. The molecule has 0 fully saturated rings. The van der Waals surface area contributed by atoms with Crippen LogP contribution < -0.4 is 5.73 Å². The molecular formula is C11H10N4O. The number of hydrogen-bond donors (Lipinski definition) is 1. The lowest BCUT2D eigenvalue weighted by molar-refractivity contribution is 0.1000. The molecule has 0 aliphatic rings. The topological polar surface area (TPSA) is 73.3 Å². The number of rotatable bonds is 1. The smallest absolute Gasteiger partial charge is 0.250 e. The predicted molar refractivity (Wildman–Crippen MR) is 59.1 cm³/mol. The second-order valence-electron chi connectivity index (χ2n) is 3.13. The van der Waals surface area contributed by atoms with Gasteiger partial charge in [0.1, 0.15) is 0 Å². The quantitative estimate of drug-likeness (QED) is 0.768. The summed E-state index contributed by atoms with van der Waals surface area (Å²) in [6.07, 6.45) is 6.49. The summed E-state index contributed by atoms with van der Waals surface area (Å²) in [6, 6.07) is 6.89. The van der Waals surface area contributed by atoms with E-state index in [1.165, 1.54) is 0 Å². The monoisotopic (exact) mass is 214 g/mol. The van der Waals surface area contributed by atoms with Gasteiger partial charge in [-0.15, -0.1) is 0 Å². The highest BCUT2D eigenvalue weighted by atomic mass is 16.1. The second kappa shape index (κ2) is 4.39. The summed E-state index contributed by atoms with van der Waals surface area (Å²) in [7, 11) is 0. The van der Waals surface area contributed by atoms with Crippen LogP contribution in [0.3, 0.4) is 0 Å². The molecule has 16 heavy (non-hydrogen) atoms. The lowest BCUT2D eigenvalue weighted by Gasteiger charge is -1.98. The van der Waals surface area contributed by atoms with Crippen LogP contribution in [0.4, 0.5) is 0 Å². The molecule has 80 valence electrons. The molecular weight excluding hydrogens is 204 g/mol. The van der Waals surface area contributed by atoms with Crippen molar-refractivity contribution in [2.45, 2.75) is 0 Å². The first-order chi connectivity index (χ1) is 7.77. The van der Waals surface area contributed by atoms with E-state index in [0.29, 0.717) is 5.56 Å². The number of pyridine rings is 1. The van der Waals surface area contributed by atoms with E-state index in [1.54, 1.807) is 53.6 Å². The fourth-order valence-electron chi connectivity index (χ4n) is 1.23. The standard InChI is InChI=1S/C11H10N4O/c12-11(16)9-3-4-10-7-13-5-1-2-6-14-15(10)8-9/h1-8H,(H2,12,16). The van der Waals surface area contributed by atoms with Crippen molar-refractivity contribution >= 4 is 11.4 Å². The molecule has 2 rings (SSSR count). The van der Waals surface area contributed by atoms with Gasteiger partial charge in [0.2, 0.25) is 5.91 Å². The molecule has 0 radical (unpaired) electrons. The highest BCUT2D eigenvalue weighted by Crippen LogP contribution is 2.01. The van der Waals surface area contributed by atoms with Crippen LogP contribution in [0.2, 0.25) is 0 Å². The molecule has 2 aromatic rings. The van der Waals surface area contributed by atoms with E-state index >= 15 is 0 Å². The third-order valence-electron chi connectivity index (χ3n) is 2.01. The summed E-state index contributed by atoms with van der Waals surface area (Å²) in [5.41, 5.74) is 6.36. The van der Waals surface area contributed by atoms with E-state index in [1.807, 2.05) is 0 Å². The van der Waals surface area contributed by atoms with Gasteiger partial charge >= 0.3 is 0 Å². The summed E-state index contributed by atoms with van der Waals surface area (Å²) in [5, 5.41) is 4.14. The second-order valence-corrected chi connectivity index (χ2v) is 3.13. The number of hydrogen-bond acceptors (Lipinski definition) is 3. The van der Waals surface area contributed by atoms with Gasteiger partial charge in [0.15, 0.2) is 0 Å². The Morgan fingerprint density at radius 2 is 2.06 bits per heavy atom. The van der Waals surface area contributed by atoms with Gasteiger partial charge in [-0.1, -0.05) is 0 Å². The van der Waals surface area contributed by atoms with E-state index in [-0.39, 0.29) is 0 Å². The fourth-order valence-corrected chi connectivity index (χ4v) is 1.23. The number of nitrogens with zero attached hydrogens (tertiary/aromatic N) is 3. The Morgan fingerprint density at radius 3 is 2.88 bits per heavy atom. The van der Waals surface area contributed by atoms with Crippen molar-refractivity contribution in [1.29, 1.82) is 0 Å². The first-order valence-electron chi connectivity index (χ1n) is 4.69. The molecule has 0 spiro atoms. The van der Waals surface area contributed by atoms with Crippen LogP contribution in [0.1, 0.15) is 10.4 Å². The van der Waals surface area contributed by atoms with Crippen molar-refractivity contribution < 1.29 is 4.79 Å². The van der Waals surface area contributed by atoms with Crippen LogP contribution in [-0.4, -0.2) is 20.5 Å². The van der Waals surface area contributed by atoms with Crippen molar-refractivity contribution in [3.05, 3.63) is 54.6 Å². The maximum Gasteiger partial charge on any atom is 0.250 e. The Hall–Kier alpha value is -2.43. The zero-order chi connectivity index (χ0) is 11.4. The molecule has 0 unspecified atom stereocenters. The zero-order valence-electron chi connectivity index (χ0n) is 8.45. The van der Waals surface area contributed by atoms with Gasteiger partial charge in [-0.2, -0.15) is 5.10 Å². The minimum absolute atomic E-state index is 0.404. The Bertz CT molecular complexity index is 575. The first kappa shape index (κ1) is 10.1. The summed E-state index contributed by atoms with van der Waals surface area (Å²) in [6.45, 7) is 0. The number of aromatic nitrogens is 3. The molecule has 2 heterocycles. The van der Waals surface area contributed by atoms with Crippen molar-refractivity contribution in [3.63, 3.8) is 0 Å². The Morgan fingerprint density at radius 1 is 1.25 bits per heavy atom. The summed E-state index contributed by atoms with van der Waals surface area (Å²) in [5.74, 6) is -0.482. The fraction of sp³-hybridized carbons (Fsp3) is 0. The van der Waals surface area contributed by atoms with Gasteiger partial charge in [-0.25, -0.2) is 4.52 Å². The molecule has 0 atom stereocenters. The molecule has 2 N–H and O–H groups in total. The molecule has 0 aliphatic carbocycles. The molecule has 2 aromatic heterocycles. The van der Waals surface area contributed by atoms with Gasteiger partial charge in [-0.05, 0) is 24.3 Å². The van der Waals surface area contributed by atoms with Crippen molar-refractivity contribution in [2.24, 2.45) is 5.73 Å². The van der Waals surface area contributed by atoms with Gasteiger partial charge in [-0.3, -0.25) is 9.78 Å². The number of carbonyl (C=O) groups excluding carboxylic acids is 1. The maximum absolute atomic E-state index is 11.0. The summed E-state index contributed by atoms with van der Waals surface area (Å²) < 4.78 is 1.55. The van der Waals surface area contributed by atoms with Crippen LogP contribution in [0.15, 0.2) is 49.1 Å². The largest absolute Gasteiger partial charge is 0.366 e. The number of primary amides is 1. The van der Waals surface area contributed by atoms with Gasteiger partial charge in [0, 0.05) is 18.6 Å². The average molecular weight is 214 g/mol. The van der Waals surface area contributed by atoms with Gasteiger partial charge < -0.3 is 5.73 Å². The lowest BCUT2D eigenvalue weighted by atomic mass is 10.2. The van der Waals surface area contributed by atoms with Crippen molar-refractivity contribution in [3.8, 4) is 0 Å². The first-order valence-corrected chi connectivity index (χ1v) is 4.69. The van der Waals surface area contributed by atoms with E-state index < -0.39 is 5.91 Å². The third kappa shape index (κ3) is 2.14. The molecule has 0 aromatic carbocycles. The molecule has 5 heteroatoms. The molecule has 0 saturated carbocycles. The third-order valence-corrected chi connectivity index (χ3v) is 2.01. The van der Waals surface area contributed by atoms with E-state index in [9.17, 15) is 4.79 Å². The number of carbonyl (C=O) groups is 1. The maximum atomic E-state index is 11.0. The van der Waals surface area contributed by atoms with Crippen molar-refractivity contribution in [2.75, 3.05) is 0 Å². The number of amides is 1. The molecule has 1 amide bonds. The van der Waals surface area contributed by atoms with Crippen LogP contribution in [0, 0.1) is 0 Å². The highest BCUT2D eigenvalue weighted by Gasteiger charge is 1.99. The number of nitrogens with two attached hydrogens (primary N) is 1. The van der Waals surface area contributed by atoms with Crippen LogP contribution in [-0.2, 0) is 0 Å². The number of fused-ring (bicyclic) bond motifs is 1. The van der Waals surface area contributed by atoms with Gasteiger partial charge in [0.05, 0.1) is 17.3 Å². The van der Waals surface area contributed by atoms with E-state index in [4.69, 9.17) is 5.73 Å². The van der Waals surface area contributed by atoms with Crippen LogP contribution in [0.5, 0.6) is 0 Å². The lowest BCUT2D eigenvalue weighted by Crippen LogP contribution is -2.12. The molecule has 0 bridgehead atoms. The Labute approximate surface area is 91.9 Å². The Balaban J connectivity index is 2.74. The van der Waals surface area contributed by atoms with Crippen molar-refractivity contribution in [1.82, 2.24) is 14.6 Å². The van der Waals surface area contributed by atoms with Gasteiger partial charge in [0.25, 0.3) is 0 Å². The van der Waals surface area contributed by atoms with E-state index in [0.717, 1.165) is 5.52 Å². The molecule has 0 saturated heterocycles. The zero-order valence-corrected chi connectivity index (χ0v) is 8.45. The summed E-state index contributed by atoms with van der Waals surface area (Å²) in [4.78, 5) is 15.1.